The molecule has 1 amide bonds. The Hall–Kier alpha value is -4.19. The molecule has 7 rings (SSSR count). The van der Waals surface area contributed by atoms with E-state index in [9.17, 15) is 19.4 Å². The van der Waals surface area contributed by atoms with Crippen molar-refractivity contribution in [3.63, 3.8) is 0 Å². The average molecular weight is 517 g/mol. The van der Waals surface area contributed by atoms with Gasteiger partial charge < -0.3 is 19.8 Å². The number of aliphatic hydroxyl groups is 2. The van der Waals surface area contributed by atoms with Crippen LogP contribution in [0.15, 0.2) is 72.7 Å². The molecular formula is C27H21F2N5O4. The molecule has 2 aromatic carbocycles. The quantitative estimate of drug-likeness (QED) is 0.508. The number of morpholine rings is 1. The number of fused-ring (bicyclic) bond motifs is 7. The summed E-state index contributed by atoms with van der Waals surface area (Å²) in [7, 11) is 0. The number of halogens is 2. The molecule has 4 aliphatic rings. The first-order chi connectivity index (χ1) is 18.5. The smallest absolute Gasteiger partial charge is 0.277 e. The number of ether oxygens (including phenoxy) is 1. The number of aliphatic hydroxyl groups excluding tert-OH is 2. The molecule has 3 aliphatic heterocycles. The Bertz CT molecular complexity index is 1560. The Labute approximate surface area is 215 Å². The number of carbonyl (C=O) groups excluding carboxylic acids is 1. The van der Waals surface area contributed by atoms with Crippen molar-refractivity contribution < 1.29 is 28.5 Å². The summed E-state index contributed by atoms with van der Waals surface area (Å²) in [5.74, 6) is -3.02. The second kappa shape index (κ2) is 8.42. The van der Waals surface area contributed by atoms with E-state index in [0.717, 1.165) is 11.6 Å². The zero-order chi connectivity index (χ0) is 26.1. The number of nitrogens with zero attached hydrogens (tertiary/aromatic N) is 5. The van der Waals surface area contributed by atoms with Gasteiger partial charge in [-0.25, -0.2) is 18.7 Å². The first-order valence-corrected chi connectivity index (χ1v) is 12.1. The molecular weight excluding hydrogens is 496 g/mol. The van der Waals surface area contributed by atoms with Crippen LogP contribution in [0, 0.1) is 11.6 Å². The van der Waals surface area contributed by atoms with E-state index in [2.05, 4.69) is 9.97 Å². The fourth-order valence-electron chi connectivity index (χ4n) is 5.80. The highest BCUT2D eigenvalue weighted by Gasteiger charge is 2.50. The number of aromatic nitrogens is 2. The summed E-state index contributed by atoms with van der Waals surface area (Å²) in [5, 5.41) is 24.4. The van der Waals surface area contributed by atoms with Crippen molar-refractivity contribution in [1.29, 1.82) is 0 Å². The monoisotopic (exact) mass is 517 g/mol. The van der Waals surface area contributed by atoms with Gasteiger partial charge in [-0.1, -0.05) is 30.3 Å². The Morgan fingerprint density at radius 2 is 1.92 bits per heavy atom. The van der Waals surface area contributed by atoms with E-state index < -0.39 is 41.6 Å². The molecule has 0 radical (unpaired) electrons. The van der Waals surface area contributed by atoms with Gasteiger partial charge >= 0.3 is 0 Å². The van der Waals surface area contributed by atoms with Gasteiger partial charge in [0.05, 0.1) is 24.9 Å². The van der Waals surface area contributed by atoms with Crippen LogP contribution in [-0.4, -0.2) is 73.0 Å². The van der Waals surface area contributed by atoms with Gasteiger partial charge in [0.15, 0.2) is 23.1 Å². The van der Waals surface area contributed by atoms with Crippen LogP contribution in [0.4, 0.5) is 8.78 Å². The van der Waals surface area contributed by atoms with Gasteiger partial charge in [0.1, 0.15) is 18.6 Å². The summed E-state index contributed by atoms with van der Waals surface area (Å²) >= 11 is 0. The summed E-state index contributed by atoms with van der Waals surface area (Å²) in [6.07, 6.45) is 3.71. The van der Waals surface area contributed by atoms with E-state index in [1.807, 2.05) is 29.3 Å². The van der Waals surface area contributed by atoms with Gasteiger partial charge in [-0.3, -0.25) is 9.80 Å². The number of rotatable bonds is 1. The molecule has 0 spiro atoms. The predicted molar refractivity (Wildman–Crippen MR) is 129 cm³/mol. The predicted octanol–water partition coefficient (Wildman–Crippen LogP) is 2.87. The van der Waals surface area contributed by atoms with Crippen LogP contribution in [-0.2, 0) is 9.53 Å². The molecule has 11 heteroatoms. The summed E-state index contributed by atoms with van der Waals surface area (Å²) in [5.41, 5.74) is 2.50. The summed E-state index contributed by atoms with van der Waals surface area (Å²) in [6, 6.07) is 9.23. The van der Waals surface area contributed by atoms with Crippen LogP contribution in [0.5, 0.6) is 0 Å². The van der Waals surface area contributed by atoms with Crippen LogP contribution >= 0.6 is 0 Å². The maximum absolute atomic E-state index is 15.7. The lowest BCUT2D eigenvalue weighted by atomic mass is 9.91. The number of benzene rings is 2. The number of carbonyl (C=O) groups is 1. The van der Waals surface area contributed by atoms with Crippen LogP contribution in [0.25, 0.3) is 22.4 Å². The van der Waals surface area contributed by atoms with Crippen molar-refractivity contribution in [2.45, 2.75) is 18.3 Å². The van der Waals surface area contributed by atoms with Crippen LogP contribution in [0.2, 0.25) is 0 Å². The molecule has 4 heterocycles. The zero-order valence-electron chi connectivity index (χ0n) is 19.8. The molecule has 3 atom stereocenters. The van der Waals surface area contributed by atoms with Gasteiger partial charge in [0.2, 0.25) is 0 Å². The minimum atomic E-state index is -1.36. The highest BCUT2D eigenvalue weighted by molar-refractivity contribution is 5.95. The number of hydrogen-bond acceptors (Lipinski definition) is 8. The zero-order valence-corrected chi connectivity index (χ0v) is 19.8. The van der Waals surface area contributed by atoms with E-state index in [1.165, 1.54) is 29.7 Å². The molecule has 0 saturated carbocycles. The third kappa shape index (κ3) is 3.09. The second-order valence-corrected chi connectivity index (χ2v) is 9.40. The van der Waals surface area contributed by atoms with Crippen molar-refractivity contribution >= 4 is 5.91 Å². The van der Waals surface area contributed by atoms with E-state index in [4.69, 9.17) is 4.74 Å². The van der Waals surface area contributed by atoms with Crippen molar-refractivity contribution in [1.82, 2.24) is 24.9 Å². The summed E-state index contributed by atoms with van der Waals surface area (Å²) < 4.78 is 36.2. The average Bonchev–Trinajstić information content (AvgIpc) is 3.06. The molecule has 3 aromatic rings. The summed E-state index contributed by atoms with van der Waals surface area (Å²) in [4.78, 5) is 23.6. The lowest BCUT2D eigenvalue weighted by Crippen LogP contribution is -2.67. The van der Waals surface area contributed by atoms with Crippen molar-refractivity contribution in [3.8, 4) is 22.4 Å². The van der Waals surface area contributed by atoms with Gasteiger partial charge in [-0.15, -0.1) is 0 Å². The highest BCUT2D eigenvalue weighted by atomic mass is 19.2. The van der Waals surface area contributed by atoms with E-state index in [-0.39, 0.29) is 30.1 Å². The molecule has 0 bridgehead atoms. The van der Waals surface area contributed by atoms with Gasteiger partial charge in [-0.05, 0) is 28.8 Å². The topological polar surface area (TPSA) is 102 Å². The molecule has 1 aromatic heterocycles. The molecule has 1 unspecified atom stereocenters. The van der Waals surface area contributed by atoms with E-state index >= 15 is 4.39 Å². The fraction of sp³-hybridized carbons (Fsp3) is 0.222. The fourth-order valence-corrected chi connectivity index (χ4v) is 5.80. The Morgan fingerprint density at radius 3 is 2.79 bits per heavy atom. The third-order valence-corrected chi connectivity index (χ3v) is 7.46. The first-order valence-electron chi connectivity index (χ1n) is 12.1. The van der Waals surface area contributed by atoms with E-state index in [0.29, 0.717) is 23.3 Å². The van der Waals surface area contributed by atoms with Gasteiger partial charge in [0, 0.05) is 30.1 Å². The second-order valence-electron chi connectivity index (χ2n) is 9.40. The number of hydrogen-bond donors (Lipinski definition) is 2. The van der Waals surface area contributed by atoms with Crippen LogP contribution < -0.4 is 0 Å². The van der Waals surface area contributed by atoms with Crippen molar-refractivity contribution in [2.75, 3.05) is 19.8 Å². The van der Waals surface area contributed by atoms with Crippen molar-refractivity contribution in [3.05, 3.63) is 95.4 Å². The van der Waals surface area contributed by atoms with Crippen molar-refractivity contribution in [2.24, 2.45) is 0 Å². The Morgan fingerprint density at radius 1 is 1.08 bits per heavy atom. The van der Waals surface area contributed by atoms with Crippen LogP contribution in [0.1, 0.15) is 17.2 Å². The molecule has 192 valence electrons. The standard InChI is InChI=1S/C27H21F2N5O4/c28-18-6-5-16-21(22(18)29)23-17(11-30-13-31-23)14-3-1-2-4-15(14)24(16)34-20-12-38-10-9-32(20)27(37)25-26(36)19(35)7-8-33(25)34/h1-8,11,13,19-20,24,35-36H,9-10,12H2/t19?,20-,24-/m1/s1. The maximum atomic E-state index is 15.7. The molecule has 2 fully saturated rings. The Balaban J connectivity index is 1.56. The maximum Gasteiger partial charge on any atom is 0.277 e. The van der Waals surface area contributed by atoms with Gasteiger partial charge in [-0.2, -0.15) is 5.01 Å². The number of amides is 1. The first kappa shape index (κ1) is 23.0. The van der Waals surface area contributed by atoms with E-state index in [1.54, 1.807) is 11.1 Å². The highest BCUT2D eigenvalue weighted by Crippen LogP contribution is 2.50. The van der Waals surface area contributed by atoms with Crippen LogP contribution in [0.3, 0.4) is 0 Å². The minimum absolute atomic E-state index is 0.0143. The largest absolute Gasteiger partial charge is 0.507 e. The molecule has 38 heavy (non-hydrogen) atoms. The summed E-state index contributed by atoms with van der Waals surface area (Å²) in [6.45, 7) is 0.674. The number of hydrazine groups is 1. The third-order valence-electron chi connectivity index (χ3n) is 7.46. The SMILES string of the molecule is O=C1C2=C(O)C(O)C=CN2N([C@@H]2c3ccccc3-c3cncnc3-c3c2ccc(F)c3F)[C@@H]2COCCN12. The molecule has 2 N–H and O–H groups in total. The Kier molecular flexibility index (Phi) is 5.09. The molecule has 9 nitrogen and oxygen atoms in total. The lowest BCUT2D eigenvalue weighted by Gasteiger charge is -2.55. The molecule has 1 aliphatic carbocycles. The molecule has 2 saturated heterocycles. The normalized spacial score (nSPS) is 24.3. The minimum Gasteiger partial charge on any atom is -0.507 e. The lowest BCUT2D eigenvalue weighted by molar-refractivity contribution is -0.190. The van der Waals surface area contributed by atoms with Gasteiger partial charge in [0.25, 0.3) is 5.91 Å².